The molecular formula is C32H31FN6O2. The van der Waals surface area contributed by atoms with Gasteiger partial charge in [0.1, 0.15) is 17.4 Å². The van der Waals surface area contributed by atoms with E-state index in [1.54, 1.807) is 24.5 Å². The van der Waals surface area contributed by atoms with Crippen LogP contribution in [-0.4, -0.2) is 45.1 Å². The van der Waals surface area contributed by atoms with Crippen LogP contribution in [0.15, 0.2) is 79.1 Å². The summed E-state index contributed by atoms with van der Waals surface area (Å²) in [5, 5.41) is 14.6. The molecule has 208 valence electrons. The summed E-state index contributed by atoms with van der Waals surface area (Å²) in [6.45, 7) is 3.61. The standard InChI is InChI=1S/C32H31FN6O2/c1-19-12-21(28-17-36-30(18-35-28)39-10-8-24(34)9-11-39)14-22(13-19)32(41)38-31(25-16-23(33)6-7-29(25)40)27-15-20-4-2-3-5-26(20)37-27/h2-7,12-18,24,31,37,40H,8-11,34H2,1H3,(H,38,41). The fraction of sp³-hybridized carbons (Fsp3) is 0.219. The first kappa shape index (κ1) is 26.5. The zero-order valence-electron chi connectivity index (χ0n) is 22.6. The second-order valence-corrected chi connectivity index (χ2v) is 10.6. The number of aryl methyl sites for hydroxylation is 1. The molecule has 2 aromatic heterocycles. The minimum Gasteiger partial charge on any atom is -0.508 e. The van der Waals surface area contributed by atoms with Gasteiger partial charge in [0.15, 0.2) is 0 Å². The van der Waals surface area contributed by atoms with Crippen molar-refractivity contribution in [3.05, 3.63) is 107 Å². The van der Waals surface area contributed by atoms with E-state index < -0.39 is 11.9 Å². The predicted molar refractivity (Wildman–Crippen MR) is 157 cm³/mol. The molecule has 0 spiro atoms. The zero-order chi connectivity index (χ0) is 28.5. The molecule has 1 aliphatic rings. The van der Waals surface area contributed by atoms with Gasteiger partial charge in [-0.25, -0.2) is 9.37 Å². The normalized spacial score (nSPS) is 14.8. The number of aromatic nitrogens is 3. The molecule has 1 amide bonds. The number of para-hydroxylation sites is 1. The van der Waals surface area contributed by atoms with Gasteiger partial charge in [0.25, 0.3) is 5.91 Å². The number of nitrogens with one attached hydrogen (secondary N) is 2. The first-order valence-electron chi connectivity index (χ1n) is 13.7. The van der Waals surface area contributed by atoms with Crippen molar-refractivity contribution in [2.45, 2.75) is 31.8 Å². The number of nitrogens with two attached hydrogens (primary N) is 1. The Labute approximate surface area is 237 Å². The van der Waals surface area contributed by atoms with Crippen LogP contribution in [0.25, 0.3) is 22.2 Å². The van der Waals surface area contributed by atoms with E-state index in [2.05, 4.69) is 25.2 Å². The quantitative estimate of drug-likeness (QED) is 0.230. The number of aromatic hydroxyl groups is 1. The maximum Gasteiger partial charge on any atom is 0.252 e. The molecule has 9 heteroatoms. The second-order valence-electron chi connectivity index (χ2n) is 10.6. The maximum atomic E-state index is 14.3. The van der Waals surface area contributed by atoms with Crippen molar-refractivity contribution in [2.75, 3.05) is 18.0 Å². The van der Waals surface area contributed by atoms with Gasteiger partial charge in [0, 0.05) is 47.0 Å². The molecule has 8 nitrogen and oxygen atoms in total. The van der Waals surface area contributed by atoms with Crippen molar-refractivity contribution in [3.8, 4) is 17.0 Å². The molecule has 0 aliphatic carbocycles. The van der Waals surface area contributed by atoms with Crippen LogP contribution >= 0.6 is 0 Å². The molecule has 3 aromatic carbocycles. The predicted octanol–water partition coefficient (Wildman–Crippen LogP) is 5.22. The number of amides is 1. The highest BCUT2D eigenvalue weighted by molar-refractivity contribution is 5.96. The largest absolute Gasteiger partial charge is 0.508 e. The number of hydrogen-bond acceptors (Lipinski definition) is 6. The third-order valence-electron chi connectivity index (χ3n) is 7.57. The van der Waals surface area contributed by atoms with E-state index in [1.165, 1.54) is 18.2 Å². The number of anilines is 1. The van der Waals surface area contributed by atoms with E-state index in [4.69, 9.17) is 5.73 Å². The van der Waals surface area contributed by atoms with Crippen LogP contribution in [0.1, 0.15) is 46.1 Å². The van der Waals surface area contributed by atoms with Gasteiger partial charge in [-0.05, 0) is 79.2 Å². The molecule has 0 saturated carbocycles. The molecule has 1 fully saturated rings. The highest BCUT2D eigenvalue weighted by Gasteiger charge is 2.24. The van der Waals surface area contributed by atoms with Crippen LogP contribution in [-0.2, 0) is 0 Å². The SMILES string of the molecule is Cc1cc(C(=O)NC(c2cc3ccccc3[nH]2)c2cc(F)ccc2O)cc(-c2cnc(N3CCC(N)CC3)cn2)c1. The Morgan fingerprint density at radius 3 is 2.63 bits per heavy atom. The number of carbonyl (C=O) groups excluding carboxylic acids is 1. The summed E-state index contributed by atoms with van der Waals surface area (Å²) < 4.78 is 14.3. The minimum absolute atomic E-state index is 0.119. The summed E-state index contributed by atoms with van der Waals surface area (Å²) in [6.07, 6.45) is 5.32. The summed E-state index contributed by atoms with van der Waals surface area (Å²) in [4.78, 5) is 28.4. The Morgan fingerprint density at radius 2 is 1.88 bits per heavy atom. The lowest BCUT2D eigenvalue weighted by atomic mass is 10.00. The zero-order valence-corrected chi connectivity index (χ0v) is 22.6. The van der Waals surface area contributed by atoms with Crippen LogP contribution in [0.4, 0.5) is 10.2 Å². The summed E-state index contributed by atoms with van der Waals surface area (Å²) >= 11 is 0. The average molecular weight is 551 g/mol. The van der Waals surface area contributed by atoms with Gasteiger partial charge in [0.05, 0.1) is 24.1 Å². The third-order valence-corrected chi connectivity index (χ3v) is 7.57. The first-order valence-corrected chi connectivity index (χ1v) is 13.7. The highest BCUT2D eigenvalue weighted by Crippen LogP contribution is 2.32. The van der Waals surface area contributed by atoms with Crippen LogP contribution in [0, 0.1) is 12.7 Å². The van der Waals surface area contributed by atoms with E-state index in [1.807, 2.05) is 43.3 Å². The molecule has 3 heterocycles. The summed E-state index contributed by atoms with van der Waals surface area (Å²) in [6, 6.07) is 18.2. The fourth-order valence-corrected chi connectivity index (χ4v) is 5.37. The number of nitrogens with zero attached hydrogens (tertiary/aromatic N) is 3. The van der Waals surface area contributed by atoms with Gasteiger partial charge in [-0.2, -0.15) is 0 Å². The van der Waals surface area contributed by atoms with Gasteiger partial charge in [-0.1, -0.05) is 18.2 Å². The molecule has 1 aliphatic heterocycles. The Morgan fingerprint density at radius 1 is 1.07 bits per heavy atom. The molecule has 5 N–H and O–H groups in total. The topological polar surface area (TPSA) is 120 Å². The lowest BCUT2D eigenvalue weighted by molar-refractivity contribution is 0.0942. The number of fused-ring (bicyclic) bond motifs is 1. The minimum atomic E-state index is -0.828. The van der Waals surface area contributed by atoms with Gasteiger partial charge in [0.2, 0.25) is 0 Å². The number of rotatable bonds is 6. The fourth-order valence-electron chi connectivity index (χ4n) is 5.37. The van der Waals surface area contributed by atoms with Crippen LogP contribution in [0.3, 0.4) is 0 Å². The lowest BCUT2D eigenvalue weighted by Gasteiger charge is -2.30. The number of carbonyl (C=O) groups is 1. The third kappa shape index (κ3) is 5.62. The smallest absolute Gasteiger partial charge is 0.252 e. The lowest BCUT2D eigenvalue weighted by Crippen LogP contribution is -2.40. The molecule has 5 aromatic rings. The molecule has 0 bridgehead atoms. The molecule has 41 heavy (non-hydrogen) atoms. The van der Waals surface area contributed by atoms with Crippen LogP contribution in [0.5, 0.6) is 5.75 Å². The molecule has 0 radical (unpaired) electrons. The number of aromatic amines is 1. The summed E-state index contributed by atoms with van der Waals surface area (Å²) in [5.41, 5.74) is 10.5. The number of halogens is 1. The summed E-state index contributed by atoms with van der Waals surface area (Å²) in [7, 11) is 0. The van der Waals surface area contributed by atoms with E-state index >= 15 is 0 Å². The van der Waals surface area contributed by atoms with Crippen LogP contribution in [0.2, 0.25) is 0 Å². The van der Waals surface area contributed by atoms with Crippen molar-refractivity contribution < 1.29 is 14.3 Å². The molecular weight excluding hydrogens is 519 g/mol. The number of piperidine rings is 1. The Bertz CT molecular complexity index is 1680. The molecule has 1 unspecified atom stereocenters. The van der Waals surface area contributed by atoms with E-state index in [0.29, 0.717) is 17.0 Å². The van der Waals surface area contributed by atoms with Crippen molar-refractivity contribution >= 4 is 22.6 Å². The monoisotopic (exact) mass is 550 g/mol. The van der Waals surface area contributed by atoms with E-state index in [0.717, 1.165) is 53.8 Å². The number of H-pyrrole nitrogens is 1. The van der Waals surface area contributed by atoms with Gasteiger partial charge < -0.3 is 26.0 Å². The number of phenols is 1. The number of benzene rings is 3. The van der Waals surface area contributed by atoms with Crippen molar-refractivity contribution in [3.63, 3.8) is 0 Å². The van der Waals surface area contributed by atoms with Crippen LogP contribution < -0.4 is 16.0 Å². The highest BCUT2D eigenvalue weighted by atomic mass is 19.1. The Balaban J connectivity index is 1.30. The summed E-state index contributed by atoms with van der Waals surface area (Å²) in [5.74, 6) is -0.203. The number of hydrogen-bond donors (Lipinski definition) is 4. The van der Waals surface area contributed by atoms with Gasteiger partial charge in [-0.15, -0.1) is 0 Å². The number of phenolic OH excluding ortho intramolecular Hbond substituents is 1. The average Bonchev–Trinajstić information content (AvgIpc) is 3.41. The molecule has 1 atom stereocenters. The van der Waals surface area contributed by atoms with Crippen molar-refractivity contribution in [1.29, 1.82) is 0 Å². The van der Waals surface area contributed by atoms with E-state index in [9.17, 15) is 14.3 Å². The molecule has 6 rings (SSSR count). The van der Waals surface area contributed by atoms with Crippen molar-refractivity contribution in [1.82, 2.24) is 20.3 Å². The second kappa shape index (κ2) is 11.0. The van der Waals surface area contributed by atoms with Gasteiger partial charge in [-0.3, -0.25) is 9.78 Å². The Hall–Kier alpha value is -4.76. The molecule has 1 saturated heterocycles. The van der Waals surface area contributed by atoms with Crippen molar-refractivity contribution in [2.24, 2.45) is 5.73 Å². The van der Waals surface area contributed by atoms with E-state index in [-0.39, 0.29) is 23.3 Å². The first-order chi connectivity index (χ1) is 19.8. The maximum absolute atomic E-state index is 14.3. The Kier molecular flexibility index (Phi) is 7.11. The van der Waals surface area contributed by atoms with Gasteiger partial charge >= 0.3 is 0 Å².